The van der Waals surface area contributed by atoms with E-state index in [0.29, 0.717) is 12.5 Å². The molecule has 1 amide bonds. The van der Waals surface area contributed by atoms with Crippen molar-refractivity contribution in [3.63, 3.8) is 0 Å². The lowest BCUT2D eigenvalue weighted by Gasteiger charge is -2.32. The van der Waals surface area contributed by atoms with E-state index in [4.69, 9.17) is 11.6 Å². The van der Waals surface area contributed by atoms with Crippen molar-refractivity contribution in [3.8, 4) is 0 Å². The van der Waals surface area contributed by atoms with Gasteiger partial charge in [0.05, 0.1) is 0 Å². The van der Waals surface area contributed by atoms with E-state index in [2.05, 4.69) is 26.9 Å². The van der Waals surface area contributed by atoms with Gasteiger partial charge in [-0.3, -0.25) is 9.69 Å². The molecule has 5 heteroatoms. The van der Waals surface area contributed by atoms with Gasteiger partial charge in [0.25, 0.3) is 0 Å². The van der Waals surface area contributed by atoms with Gasteiger partial charge in [-0.1, -0.05) is 29.8 Å². The first-order valence-corrected chi connectivity index (χ1v) is 9.35. The van der Waals surface area contributed by atoms with Crippen molar-refractivity contribution in [1.82, 2.24) is 14.8 Å². The van der Waals surface area contributed by atoms with Crippen LogP contribution in [0.1, 0.15) is 30.5 Å². The number of aromatic nitrogens is 1. The number of aryl methyl sites for hydroxylation is 2. The normalized spacial score (nSPS) is 16.1. The first-order valence-electron chi connectivity index (χ1n) is 8.97. The third-order valence-corrected chi connectivity index (χ3v) is 5.33. The van der Waals surface area contributed by atoms with Crippen LogP contribution in [0.2, 0.25) is 5.02 Å². The number of benzene rings is 1. The van der Waals surface area contributed by atoms with E-state index < -0.39 is 0 Å². The van der Waals surface area contributed by atoms with Crippen molar-refractivity contribution in [2.45, 2.75) is 38.3 Å². The van der Waals surface area contributed by atoms with Crippen molar-refractivity contribution in [2.24, 2.45) is 7.05 Å². The topological polar surface area (TPSA) is 37.3 Å². The molecule has 134 valence electrons. The Balaban J connectivity index is 1.39. The highest BCUT2D eigenvalue weighted by molar-refractivity contribution is 6.31. The summed E-state index contributed by atoms with van der Waals surface area (Å²) in [6, 6.07) is 12.4. The highest BCUT2D eigenvalue weighted by Crippen LogP contribution is 2.19. The highest BCUT2D eigenvalue weighted by Gasteiger charge is 2.21. The minimum absolute atomic E-state index is 0.158. The highest BCUT2D eigenvalue weighted by atomic mass is 35.5. The van der Waals surface area contributed by atoms with Crippen molar-refractivity contribution in [2.75, 3.05) is 13.1 Å². The lowest BCUT2D eigenvalue weighted by atomic mass is 10.0. The van der Waals surface area contributed by atoms with Crippen LogP contribution >= 0.6 is 11.6 Å². The second-order valence-corrected chi connectivity index (χ2v) is 7.23. The Morgan fingerprint density at radius 1 is 1.20 bits per heavy atom. The van der Waals surface area contributed by atoms with Crippen LogP contribution in [0.15, 0.2) is 42.6 Å². The number of rotatable bonds is 6. The van der Waals surface area contributed by atoms with Gasteiger partial charge in [0, 0.05) is 56.1 Å². The molecule has 0 aliphatic carbocycles. The number of carbonyl (C=O) groups excluding carboxylic acids is 1. The van der Waals surface area contributed by atoms with Crippen molar-refractivity contribution in [3.05, 3.63) is 58.9 Å². The van der Waals surface area contributed by atoms with Crippen LogP contribution in [0.4, 0.5) is 0 Å². The number of piperidine rings is 1. The predicted octanol–water partition coefficient (Wildman–Crippen LogP) is 3.39. The molecule has 0 spiro atoms. The smallest absolute Gasteiger partial charge is 0.220 e. The molecule has 4 nitrogen and oxygen atoms in total. The Hall–Kier alpha value is -1.78. The van der Waals surface area contributed by atoms with E-state index >= 15 is 0 Å². The largest absolute Gasteiger partial charge is 0.354 e. The summed E-state index contributed by atoms with van der Waals surface area (Å²) < 4.78 is 2.07. The summed E-state index contributed by atoms with van der Waals surface area (Å²) >= 11 is 6.24. The molecule has 1 saturated heterocycles. The van der Waals surface area contributed by atoms with E-state index in [1.807, 2.05) is 37.5 Å². The zero-order valence-corrected chi connectivity index (χ0v) is 15.5. The molecular formula is C20H26ClN3O. The maximum atomic E-state index is 12.2. The zero-order chi connectivity index (χ0) is 17.6. The summed E-state index contributed by atoms with van der Waals surface area (Å²) in [5.41, 5.74) is 2.37. The van der Waals surface area contributed by atoms with Gasteiger partial charge in [-0.05, 0) is 43.0 Å². The quantitative estimate of drug-likeness (QED) is 0.858. The average molecular weight is 360 g/mol. The molecule has 1 aromatic heterocycles. The molecule has 0 radical (unpaired) electrons. The third kappa shape index (κ3) is 5.10. The summed E-state index contributed by atoms with van der Waals surface area (Å²) in [6.45, 7) is 2.87. The van der Waals surface area contributed by atoms with Gasteiger partial charge >= 0.3 is 0 Å². The molecule has 1 aliphatic rings. The molecule has 0 atom stereocenters. The Labute approximate surface area is 154 Å². The Morgan fingerprint density at radius 3 is 2.64 bits per heavy atom. The minimum atomic E-state index is 0.158. The fourth-order valence-corrected chi connectivity index (χ4v) is 3.60. The Morgan fingerprint density at radius 2 is 1.96 bits per heavy atom. The molecule has 1 N–H and O–H groups in total. The van der Waals surface area contributed by atoms with Crippen molar-refractivity contribution < 1.29 is 4.79 Å². The predicted molar refractivity (Wildman–Crippen MR) is 102 cm³/mol. The average Bonchev–Trinajstić information content (AvgIpc) is 3.02. The van der Waals surface area contributed by atoms with Gasteiger partial charge in [-0.15, -0.1) is 0 Å². The second-order valence-electron chi connectivity index (χ2n) is 6.82. The van der Waals surface area contributed by atoms with E-state index in [-0.39, 0.29) is 5.91 Å². The Bertz CT molecular complexity index is 704. The first kappa shape index (κ1) is 18.0. The zero-order valence-electron chi connectivity index (χ0n) is 14.7. The van der Waals surface area contributed by atoms with Crippen LogP contribution in [-0.4, -0.2) is 34.5 Å². The number of halogens is 1. The molecular weight excluding hydrogens is 334 g/mol. The number of carbonyl (C=O) groups is 1. The number of hydrogen-bond donors (Lipinski definition) is 1. The SMILES string of the molecule is Cn1cccc1CCC(=O)NC1CCN(Cc2ccccc2Cl)CC1. The van der Waals surface area contributed by atoms with Gasteiger partial charge in [0.15, 0.2) is 0 Å². The number of nitrogens with one attached hydrogen (secondary N) is 1. The van der Waals surface area contributed by atoms with Crippen LogP contribution in [0.25, 0.3) is 0 Å². The van der Waals surface area contributed by atoms with Crippen LogP contribution in [0.5, 0.6) is 0 Å². The van der Waals surface area contributed by atoms with Gasteiger partial charge < -0.3 is 9.88 Å². The fourth-order valence-electron chi connectivity index (χ4n) is 3.40. The molecule has 0 bridgehead atoms. The number of hydrogen-bond acceptors (Lipinski definition) is 2. The maximum Gasteiger partial charge on any atom is 0.220 e. The molecule has 1 fully saturated rings. The van der Waals surface area contributed by atoms with Crippen LogP contribution in [0, 0.1) is 0 Å². The third-order valence-electron chi connectivity index (χ3n) is 4.96. The summed E-state index contributed by atoms with van der Waals surface area (Å²) in [5, 5.41) is 4.03. The number of amides is 1. The van der Waals surface area contributed by atoms with E-state index in [0.717, 1.165) is 43.9 Å². The molecule has 0 saturated carbocycles. The molecule has 0 unspecified atom stereocenters. The number of nitrogens with zero attached hydrogens (tertiary/aromatic N) is 2. The van der Waals surface area contributed by atoms with E-state index in [1.165, 1.54) is 11.3 Å². The van der Waals surface area contributed by atoms with Gasteiger partial charge in [-0.25, -0.2) is 0 Å². The standard InChI is InChI=1S/C20H26ClN3O/c1-23-12-4-6-18(23)8-9-20(25)22-17-10-13-24(14-11-17)15-16-5-2-3-7-19(16)21/h2-7,12,17H,8-11,13-15H2,1H3,(H,22,25). The van der Waals surface area contributed by atoms with E-state index in [9.17, 15) is 4.79 Å². The molecule has 3 rings (SSSR count). The summed E-state index contributed by atoms with van der Waals surface area (Å²) in [4.78, 5) is 14.6. The molecule has 25 heavy (non-hydrogen) atoms. The minimum Gasteiger partial charge on any atom is -0.354 e. The van der Waals surface area contributed by atoms with Gasteiger partial charge in [0.1, 0.15) is 0 Å². The monoisotopic (exact) mass is 359 g/mol. The lowest BCUT2D eigenvalue weighted by molar-refractivity contribution is -0.122. The van der Waals surface area contributed by atoms with Crippen LogP contribution in [0.3, 0.4) is 0 Å². The maximum absolute atomic E-state index is 12.2. The molecule has 1 aliphatic heterocycles. The lowest BCUT2D eigenvalue weighted by Crippen LogP contribution is -2.44. The second kappa shape index (κ2) is 8.54. The van der Waals surface area contributed by atoms with Crippen molar-refractivity contribution >= 4 is 17.5 Å². The van der Waals surface area contributed by atoms with Gasteiger partial charge in [-0.2, -0.15) is 0 Å². The Kier molecular flexibility index (Phi) is 6.16. The molecule has 2 aromatic rings. The summed E-state index contributed by atoms with van der Waals surface area (Å²) in [6.07, 6.45) is 5.36. The van der Waals surface area contributed by atoms with Crippen LogP contribution in [-0.2, 0) is 24.8 Å². The molecule has 2 heterocycles. The number of likely N-dealkylation sites (tertiary alicyclic amines) is 1. The summed E-state index contributed by atoms with van der Waals surface area (Å²) in [5.74, 6) is 0.158. The van der Waals surface area contributed by atoms with Crippen LogP contribution < -0.4 is 5.32 Å². The fraction of sp³-hybridized carbons (Fsp3) is 0.450. The first-order chi connectivity index (χ1) is 12.1. The van der Waals surface area contributed by atoms with Gasteiger partial charge in [0.2, 0.25) is 5.91 Å². The summed E-state index contributed by atoms with van der Waals surface area (Å²) in [7, 11) is 2.02. The van der Waals surface area contributed by atoms with Crippen molar-refractivity contribution in [1.29, 1.82) is 0 Å². The molecule has 1 aromatic carbocycles. The van der Waals surface area contributed by atoms with E-state index in [1.54, 1.807) is 0 Å².